The molecule has 0 aliphatic carbocycles. The molecule has 0 saturated carbocycles. The summed E-state index contributed by atoms with van der Waals surface area (Å²) in [5.41, 5.74) is 1.00. The highest BCUT2D eigenvalue weighted by atomic mass is 16.5. The molecule has 2 aromatic carbocycles. The topological polar surface area (TPSA) is 52.0 Å². The van der Waals surface area contributed by atoms with Crippen LogP contribution < -0.4 is 10.1 Å². The molecule has 0 bridgehead atoms. The fraction of sp³-hybridized carbons (Fsp3) is 0.125. The van der Waals surface area contributed by atoms with Crippen molar-refractivity contribution in [3.63, 3.8) is 0 Å². The van der Waals surface area contributed by atoms with Gasteiger partial charge in [0.2, 0.25) is 0 Å². The highest BCUT2D eigenvalue weighted by molar-refractivity contribution is 5.47. The number of hydrogen-bond donors (Lipinski definition) is 1. The van der Waals surface area contributed by atoms with Gasteiger partial charge in [-0.25, -0.2) is 4.98 Å². The molecule has 5 nitrogen and oxygen atoms in total. The van der Waals surface area contributed by atoms with E-state index < -0.39 is 0 Å². The molecule has 0 saturated heterocycles. The first kappa shape index (κ1) is 13.2. The Kier molecular flexibility index (Phi) is 3.82. The number of ether oxygens (including phenoxy) is 1. The molecule has 1 aromatic heterocycles. The van der Waals surface area contributed by atoms with Crippen molar-refractivity contribution in [1.82, 2.24) is 14.8 Å². The lowest BCUT2D eigenvalue weighted by molar-refractivity contribution is 0.483. The number of nitrogens with one attached hydrogen (secondary N) is 1. The fourth-order valence-electron chi connectivity index (χ4n) is 1.91. The molecule has 0 radical (unpaired) electrons. The summed E-state index contributed by atoms with van der Waals surface area (Å²) in [6.45, 7) is 0.597. The van der Waals surface area contributed by atoms with Crippen LogP contribution in [0.4, 0.5) is 5.69 Å². The Balaban J connectivity index is 1.59. The van der Waals surface area contributed by atoms with Gasteiger partial charge in [-0.1, -0.05) is 18.2 Å². The SMILES string of the molecule is Cn1cnc(CNc2ccc(Oc3ccccc3)cc2)n1. The van der Waals surface area contributed by atoms with Gasteiger partial charge in [0, 0.05) is 12.7 Å². The Labute approximate surface area is 123 Å². The minimum atomic E-state index is 0.597. The molecule has 0 atom stereocenters. The minimum absolute atomic E-state index is 0.597. The van der Waals surface area contributed by atoms with Gasteiger partial charge in [-0.2, -0.15) is 5.10 Å². The Hall–Kier alpha value is -2.82. The first-order chi connectivity index (χ1) is 10.3. The van der Waals surface area contributed by atoms with Crippen LogP contribution in [0.25, 0.3) is 0 Å². The van der Waals surface area contributed by atoms with Crippen LogP contribution in [0.2, 0.25) is 0 Å². The third-order valence-corrected chi connectivity index (χ3v) is 2.93. The van der Waals surface area contributed by atoms with E-state index in [0.717, 1.165) is 23.0 Å². The van der Waals surface area contributed by atoms with Crippen LogP contribution in [-0.4, -0.2) is 14.8 Å². The maximum atomic E-state index is 5.74. The van der Waals surface area contributed by atoms with E-state index in [2.05, 4.69) is 15.4 Å². The predicted molar refractivity (Wildman–Crippen MR) is 81.3 cm³/mol. The van der Waals surface area contributed by atoms with Crippen molar-refractivity contribution in [2.75, 3.05) is 5.32 Å². The first-order valence-corrected chi connectivity index (χ1v) is 6.71. The van der Waals surface area contributed by atoms with E-state index in [1.54, 1.807) is 11.0 Å². The number of aryl methyl sites for hydroxylation is 1. The Bertz CT molecular complexity index is 692. The zero-order chi connectivity index (χ0) is 14.5. The molecule has 0 amide bonds. The maximum absolute atomic E-state index is 5.74. The number of benzene rings is 2. The summed E-state index contributed by atoms with van der Waals surface area (Å²) < 4.78 is 7.43. The third kappa shape index (κ3) is 3.60. The van der Waals surface area contributed by atoms with Gasteiger partial charge in [-0.15, -0.1) is 0 Å². The van der Waals surface area contributed by atoms with E-state index in [1.165, 1.54) is 0 Å². The fourth-order valence-corrected chi connectivity index (χ4v) is 1.91. The van der Waals surface area contributed by atoms with Crippen LogP contribution in [0.3, 0.4) is 0 Å². The number of anilines is 1. The van der Waals surface area contributed by atoms with Gasteiger partial charge in [0.15, 0.2) is 5.82 Å². The van der Waals surface area contributed by atoms with Gasteiger partial charge in [0.25, 0.3) is 0 Å². The quantitative estimate of drug-likeness (QED) is 0.779. The molecular weight excluding hydrogens is 264 g/mol. The van der Waals surface area contributed by atoms with Crippen molar-refractivity contribution in [2.45, 2.75) is 6.54 Å². The molecule has 3 aromatic rings. The Morgan fingerprint density at radius 2 is 1.71 bits per heavy atom. The second-order valence-electron chi connectivity index (χ2n) is 4.63. The van der Waals surface area contributed by atoms with Gasteiger partial charge in [0.1, 0.15) is 17.8 Å². The van der Waals surface area contributed by atoms with Crippen LogP contribution in [0, 0.1) is 0 Å². The second-order valence-corrected chi connectivity index (χ2v) is 4.63. The van der Waals surface area contributed by atoms with Crippen LogP contribution in [-0.2, 0) is 13.6 Å². The number of hydrogen-bond acceptors (Lipinski definition) is 4. The van der Waals surface area contributed by atoms with Crippen molar-refractivity contribution in [2.24, 2.45) is 7.05 Å². The van der Waals surface area contributed by atoms with Gasteiger partial charge in [0.05, 0.1) is 6.54 Å². The number of para-hydroxylation sites is 1. The molecule has 0 aliphatic heterocycles. The second kappa shape index (κ2) is 6.09. The highest BCUT2D eigenvalue weighted by Gasteiger charge is 2.00. The third-order valence-electron chi connectivity index (χ3n) is 2.93. The summed E-state index contributed by atoms with van der Waals surface area (Å²) in [5, 5.41) is 7.49. The van der Waals surface area contributed by atoms with Gasteiger partial charge in [-0.3, -0.25) is 4.68 Å². The van der Waals surface area contributed by atoms with Crippen LogP contribution in [0.5, 0.6) is 11.5 Å². The van der Waals surface area contributed by atoms with Crippen LogP contribution >= 0.6 is 0 Å². The normalized spacial score (nSPS) is 10.3. The summed E-state index contributed by atoms with van der Waals surface area (Å²) in [7, 11) is 1.85. The zero-order valence-corrected chi connectivity index (χ0v) is 11.7. The zero-order valence-electron chi connectivity index (χ0n) is 11.7. The van der Waals surface area contributed by atoms with E-state index in [-0.39, 0.29) is 0 Å². The molecular formula is C16H16N4O. The molecule has 0 spiro atoms. The highest BCUT2D eigenvalue weighted by Crippen LogP contribution is 2.22. The molecule has 5 heteroatoms. The van der Waals surface area contributed by atoms with E-state index in [4.69, 9.17) is 4.74 Å². The van der Waals surface area contributed by atoms with Gasteiger partial charge in [-0.05, 0) is 36.4 Å². The lowest BCUT2D eigenvalue weighted by Crippen LogP contribution is -2.02. The summed E-state index contributed by atoms with van der Waals surface area (Å²) in [4.78, 5) is 4.17. The van der Waals surface area contributed by atoms with Crippen molar-refractivity contribution < 1.29 is 4.74 Å². The van der Waals surface area contributed by atoms with E-state index in [0.29, 0.717) is 6.54 Å². The molecule has 0 fully saturated rings. The Morgan fingerprint density at radius 1 is 1.00 bits per heavy atom. The molecule has 106 valence electrons. The van der Waals surface area contributed by atoms with Crippen molar-refractivity contribution >= 4 is 5.69 Å². The molecule has 1 heterocycles. The number of rotatable bonds is 5. The number of aromatic nitrogens is 3. The van der Waals surface area contributed by atoms with Crippen LogP contribution in [0.15, 0.2) is 60.9 Å². The summed E-state index contributed by atoms with van der Waals surface area (Å²) in [6, 6.07) is 17.5. The average Bonchev–Trinajstić information content (AvgIpc) is 2.93. The van der Waals surface area contributed by atoms with Crippen LogP contribution in [0.1, 0.15) is 5.82 Å². The summed E-state index contributed by atoms with van der Waals surface area (Å²) in [6.07, 6.45) is 1.69. The summed E-state index contributed by atoms with van der Waals surface area (Å²) in [5.74, 6) is 2.40. The largest absolute Gasteiger partial charge is 0.457 e. The van der Waals surface area contributed by atoms with Crippen molar-refractivity contribution in [3.05, 3.63) is 66.7 Å². The maximum Gasteiger partial charge on any atom is 0.169 e. The number of nitrogens with zero attached hydrogens (tertiary/aromatic N) is 3. The molecule has 1 N–H and O–H groups in total. The lowest BCUT2D eigenvalue weighted by Gasteiger charge is -2.07. The van der Waals surface area contributed by atoms with Crippen molar-refractivity contribution in [1.29, 1.82) is 0 Å². The van der Waals surface area contributed by atoms with Gasteiger partial charge < -0.3 is 10.1 Å². The van der Waals surface area contributed by atoms with Gasteiger partial charge >= 0.3 is 0 Å². The molecule has 0 unspecified atom stereocenters. The standard InChI is InChI=1S/C16H16N4O/c1-20-12-18-16(19-20)11-17-13-7-9-15(10-8-13)21-14-5-3-2-4-6-14/h2-10,12,17H,11H2,1H3. The predicted octanol–water partition coefficient (Wildman–Crippen LogP) is 3.22. The smallest absolute Gasteiger partial charge is 0.169 e. The molecule has 0 aliphatic rings. The summed E-state index contributed by atoms with van der Waals surface area (Å²) >= 11 is 0. The monoisotopic (exact) mass is 280 g/mol. The Morgan fingerprint density at radius 3 is 2.38 bits per heavy atom. The van der Waals surface area contributed by atoms with Crippen molar-refractivity contribution in [3.8, 4) is 11.5 Å². The molecule has 21 heavy (non-hydrogen) atoms. The lowest BCUT2D eigenvalue weighted by atomic mass is 10.3. The van der Waals surface area contributed by atoms with E-state index >= 15 is 0 Å². The van der Waals surface area contributed by atoms with E-state index in [1.807, 2.05) is 61.6 Å². The van der Waals surface area contributed by atoms with E-state index in [9.17, 15) is 0 Å². The average molecular weight is 280 g/mol. The molecule has 3 rings (SSSR count). The minimum Gasteiger partial charge on any atom is -0.457 e. The first-order valence-electron chi connectivity index (χ1n) is 6.71.